The first-order chi connectivity index (χ1) is 13.6. The van der Waals surface area contributed by atoms with Crippen LogP contribution in [0.5, 0.6) is 5.75 Å². The van der Waals surface area contributed by atoms with Crippen LogP contribution in [0.1, 0.15) is 63.4 Å². The number of allylic oxidation sites excluding steroid dienone is 1. The zero-order valence-corrected chi connectivity index (χ0v) is 16.8. The second kappa shape index (κ2) is 10.4. The number of ether oxygens (including phenoxy) is 3. The number of hydrogen-bond donors (Lipinski definition) is 0. The van der Waals surface area contributed by atoms with Gasteiger partial charge >= 0.3 is 0 Å². The average molecular weight is 395 g/mol. The topological polar surface area (TPSA) is 27.7 Å². The molecule has 2 atom stereocenters. The van der Waals surface area contributed by atoms with Crippen molar-refractivity contribution >= 4 is 0 Å². The van der Waals surface area contributed by atoms with Gasteiger partial charge in [0, 0.05) is 5.92 Å². The Balaban J connectivity index is 1.46. The Morgan fingerprint density at radius 2 is 1.89 bits per heavy atom. The van der Waals surface area contributed by atoms with Crippen molar-refractivity contribution in [2.45, 2.75) is 64.1 Å². The summed E-state index contributed by atoms with van der Waals surface area (Å²) in [5.41, 5.74) is 0.363. The van der Waals surface area contributed by atoms with Crippen molar-refractivity contribution in [3.8, 4) is 5.75 Å². The van der Waals surface area contributed by atoms with Crippen molar-refractivity contribution in [3.63, 3.8) is 0 Å². The quantitative estimate of drug-likeness (QED) is 0.508. The van der Waals surface area contributed by atoms with Crippen LogP contribution in [0.25, 0.3) is 0 Å². The number of benzene rings is 1. The number of rotatable bonds is 8. The molecule has 0 amide bonds. The maximum Gasteiger partial charge on any atom is 0.200 e. The van der Waals surface area contributed by atoms with Gasteiger partial charge in [0.2, 0.25) is 5.82 Å². The first-order valence-electron chi connectivity index (χ1n) is 10.6. The van der Waals surface area contributed by atoms with E-state index in [-0.39, 0.29) is 18.0 Å². The van der Waals surface area contributed by atoms with E-state index < -0.39 is 11.6 Å². The van der Waals surface area contributed by atoms with Crippen LogP contribution in [0.2, 0.25) is 0 Å². The van der Waals surface area contributed by atoms with Crippen molar-refractivity contribution in [2.24, 2.45) is 11.8 Å². The van der Waals surface area contributed by atoms with Gasteiger partial charge in [-0.1, -0.05) is 19.1 Å². The summed E-state index contributed by atoms with van der Waals surface area (Å²) in [6, 6.07) is 3.14. The Hall–Kier alpha value is -1.46. The SMILES string of the molecule is C=CC1CCC(COC2CCC(c3ccc(OCCC)c(F)c3F)CO2)CC1. The van der Waals surface area contributed by atoms with Crippen LogP contribution >= 0.6 is 0 Å². The van der Waals surface area contributed by atoms with Crippen molar-refractivity contribution in [1.82, 2.24) is 0 Å². The fourth-order valence-corrected chi connectivity index (χ4v) is 4.12. The van der Waals surface area contributed by atoms with Crippen molar-refractivity contribution in [3.05, 3.63) is 42.0 Å². The lowest BCUT2D eigenvalue weighted by Crippen LogP contribution is -2.30. The molecule has 1 saturated heterocycles. The third kappa shape index (κ3) is 5.32. The van der Waals surface area contributed by atoms with E-state index in [0.29, 0.717) is 43.6 Å². The zero-order valence-electron chi connectivity index (χ0n) is 16.8. The lowest BCUT2D eigenvalue weighted by Gasteiger charge is -2.32. The van der Waals surface area contributed by atoms with Crippen molar-refractivity contribution in [1.29, 1.82) is 0 Å². The molecule has 2 aliphatic rings. The fraction of sp³-hybridized carbons (Fsp3) is 0.652. The van der Waals surface area contributed by atoms with Gasteiger partial charge in [-0.2, -0.15) is 4.39 Å². The highest BCUT2D eigenvalue weighted by Crippen LogP contribution is 2.34. The second-order valence-corrected chi connectivity index (χ2v) is 8.02. The molecule has 0 aromatic heterocycles. The molecule has 3 nitrogen and oxygen atoms in total. The second-order valence-electron chi connectivity index (χ2n) is 8.02. The highest BCUT2D eigenvalue weighted by Gasteiger charge is 2.28. The molecular formula is C23H32F2O3. The Morgan fingerprint density at radius 1 is 1.11 bits per heavy atom. The normalized spacial score (nSPS) is 28.1. The molecule has 156 valence electrons. The van der Waals surface area contributed by atoms with E-state index in [0.717, 1.165) is 12.8 Å². The molecule has 1 aromatic rings. The summed E-state index contributed by atoms with van der Waals surface area (Å²) in [6.45, 7) is 7.24. The summed E-state index contributed by atoms with van der Waals surface area (Å²) in [6.07, 6.45) is 8.70. The minimum absolute atomic E-state index is 0.0211. The van der Waals surface area contributed by atoms with Gasteiger partial charge in [0.05, 0.1) is 19.8 Å². The van der Waals surface area contributed by atoms with Crippen molar-refractivity contribution in [2.75, 3.05) is 19.8 Å². The Labute approximate surface area is 167 Å². The molecule has 2 fully saturated rings. The van der Waals surface area contributed by atoms with Crippen LogP contribution in [0, 0.1) is 23.5 Å². The molecule has 28 heavy (non-hydrogen) atoms. The van der Waals surface area contributed by atoms with Gasteiger partial charge in [0.15, 0.2) is 17.9 Å². The van der Waals surface area contributed by atoms with Gasteiger partial charge in [-0.15, -0.1) is 6.58 Å². The molecule has 5 heteroatoms. The standard InChI is InChI=1S/C23H32F2O3/c1-3-13-26-20-11-10-19(22(24)23(20)25)18-9-12-21(28-15-18)27-14-17-7-5-16(4-2)6-8-17/h4,10-11,16-18,21H,2-3,5-9,12-15H2,1H3. The molecule has 1 saturated carbocycles. The van der Waals surface area contributed by atoms with Gasteiger partial charge in [0.25, 0.3) is 0 Å². The van der Waals surface area contributed by atoms with Gasteiger partial charge in [-0.05, 0) is 68.4 Å². The number of hydrogen-bond acceptors (Lipinski definition) is 3. The smallest absolute Gasteiger partial charge is 0.200 e. The molecule has 0 N–H and O–H groups in total. The molecule has 0 bridgehead atoms. The molecule has 1 aliphatic carbocycles. The predicted octanol–water partition coefficient (Wildman–Crippen LogP) is 5.98. The molecular weight excluding hydrogens is 362 g/mol. The van der Waals surface area contributed by atoms with Crippen molar-refractivity contribution < 1.29 is 23.0 Å². The van der Waals surface area contributed by atoms with Crippen LogP contribution in [0.3, 0.4) is 0 Å². The lowest BCUT2D eigenvalue weighted by molar-refractivity contribution is -0.175. The minimum Gasteiger partial charge on any atom is -0.490 e. The van der Waals surface area contributed by atoms with E-state index in [1.54, 1.807) is 6.07 Å². The van der Waals surface area contributed by atoms with Crippen LogP contribution < -0.4 is 4.74 Å². The largest absolute Gasteiger partial charge is 0.490 e. The molecule has 1 heterocycles. The van der Waals surface area contributed by atoms with Gasteiger partial charge < -0.3 is 14.2 Å². The van der Waals surface area contributed by atoms with Crippen LogP contribution in [-0.2, 0) is 9.47 Å². The van der Waals surface area contributed by atoms with E-state index in [1.165, 1.54) is 31.7 Å². The maximum absolute atomic E-state index is 14.5. The monoisotopic (exact) mass is 394 g/mol. The molecule has 1 aromatic carbocycles. The first kappa shape index (κ1) is 21.3. The summed E-state index contributed by atoms with van der Waals surface area (Å²) in [5.74, 6) is -0.665. The van der Waals surface area contributed by atoms with Crippen LogP contribution in [0.4, 0.5) is 8.78 Å². The van der Waals surface area contributed by atoms with Crippen LogP contribution in [-0.4, -0.2) is 26.1 Å². The lowest BCUT2D eigenvalue weighted by atomic mass is 9.82. The highest BCUT2D eigenvalue weighted by molar-refractivity contribution is 5.33. The Morgan fingerprint density at radius 3 is 2.54 bits per heavy atom. The Bertz CT molecular complexity index is 633. The third-order valence-corrected chi connectivity index (χ3v) is 5.95. The molecule has 0 radical (unpaired) electrons. The van der Waals surface area contributed by atoms with Gasteiger partial charge in [0.1, 0.15) is 0 Å². The summed E-state index contributed by atoms with van der Waals surface area (Å²) >= 11 is 0. The van der Waals surface area contributed by atoms with Crippen LogP contribution in [0.15, 0.2) is 24.8 Å². The fourth-order valence-electron chi connectivity index (χ4n) is 4.12. The first-order valence-corrected chi connectivity index (χ1v) is 10.6. The van der Waals surface area contributed by atoms with E-state index in [4.69, 9.17) is 14.2 Å². The average Bonchev–Trinajstić information content (AvgIpc) is 2.74. The highest BCUT2D eigenvalue weighted by atomic mass is 19.2. The summed E-state index contributed by atoms with van der Waals surface area (Å²) in [5, 5.41) is 0. The Kier molecular flexibility index (Phi) is 7.86. The summed E-state index contributed by atoms with van der Waals surface area (Å²) in [4.78, 5) is 0. The number of halogens is 2. The summed E-state index contributed by atoms with van der Waals surface area (Å²) in [7, 11) is 0. The van der Waals surface area contributed by atoms with E-state index in [2.05, 4.69) is 12.7 Å². The van der Waals surface area contributed by atoms with Gasteiger partial charge in [-0.3, -0.25) is 0 Å². The molecule has 1 aliphatic heterocycles. The minimum atomic E-state index is -0.903. The molecule has 3 rings (SSSR count). The zero-order chi connectivity index (χ0) is 19.9. The summed E-state index contributed by atoms with van der Waals surface area (Å²) < 4.78 is 45.7. The third-order valence-electron chi connectivity index (χ3n) is 5.95. The molecule has 2 unspecified atom stereocenters. The molecule has 0 spiro atoms. The van der Waals surface area contributed by atoms with E-state index >= 15 is 0 Å². The van der Waals surface area contributed by atoms with Gasteiger partial charge in [-0.25, -0.2) is 4.39 Å². The van der Waals surface area contributed by atoms with E-state index in [9.17, 15) is 8.78 Å². The van der Waals surface area contributed by atoms with E-state index in [1.807, 2.05) is 6.92 Å². The predicted molar refractivity (Wildman–Crippen MR) is 105 cm³/mol. The maximum atomic E-state index is 14.5.